The number of aromatic nitrogens is 1. The van der Waals surface area contributed by atoms with Crippen LogP contribution in [0.1, 0.15) is 22.8 Å². The number of hydrogen-bond donors (Lipinski definition) is 2. The number of amides is 1. The van der Waals surface area contributed by atoms with Gasteiger partial charge in [0.15, 0.2) is 11.6 Å². The van der Waals surface area contributed by atoms with Crippen molar-refractivity contribution in [3.05, 3.63) is 53.5 Å². The summed E-state index contributed by atoms with van der Waals surface area (Å²) in [4.78, 5) is 15.9. The van der Waals surface area contributed by atoms with Crippen molar-refractivity contribution in [3.8, 4) is 0 Å². The molecule has 0 bridgehead atoms. The van der Waals surface area contributed by atoms with E-state index < -0.39 is 11.7 Å². The number of hydrogen-bond acceptors (Lipinski definition) is 3. The van der Waals surface area contributed by atoms with Crippen molar-refractivity contribution in [2.24, 2.45) is 0 Å². The van der Waals surface area contributed by atoms with E-state index in [0.717, 1.165) is 5.56 Å². The number of halogens is 1. The maximum Gasteiger partial charge on any atom is 0.258 e. The van der Waals surface area contributed by atoms with Gasteiger partial charge in [0.2, 0.25) is 0 Å². The summed E-state index contributed by atoms with van der Waals surface area (Å²) >= 11 is 0. The van der Waals surface area contributed by atoms with E-state index in [2.05, 4.69) is 15.6 Å². The molecule has 5 heteroatoms. The van der Waals surface area contributed by atoms with Crippen LogP contribution in [-0.2, 0) is 0 Å². The maximum absolute atomic E-state index is 14.1. The number of aryl methyl sites for hydroxylation is 1. The molecule has 0 aliphatic rings. The van der Waals surface area contributed by atoms with Gasteiger partial charge in [-0.25, -0.2) is 9.37 Å². The first kappa shape index (κ1) is 14.0. The van der Waals surface area contributed by atoms with Crippen molar-refractivity contribution in [2.75, 3.05) is 17.2 Å². The third-order valence-electron chi connectivity index (χ3n) is 2.79. The molecule has 1 aromatic heterocycles. The largest absolute Gasteiger partial charge is 0.368 e. The van der Waals surface area contributed by atoms with Crippen LogP contribution in [0.2, 0.25) is 0 Å². The summed E-state index contributed by atoms with van der Waals surface area (Å²) in [6, 6.07) is 8.67. The lowest BCUT2D eigenvalue weighted by atomic mass is 10.2. The van der Waals surface area contributed by atoms with E-state index in [1.54, 1.807) is 12.1 Å². The molecule has 0 radical (unpaired) electrons. The van der Waals surface area contributed by atoms with Gasteiger partial charge >= 0.3 is 0 Å². The molecule has 20 heavy (non-hydrogen) atoms. The number of nitrogens with zero attached hydrogens (tertiary/aromatic N) is 1. The lowest BCUT2D eigenvalue weighted by Gasteiger charge is -2.09. The molecule has 0 fully saturated rings. The smallest absolute Gasteiger partial charge is 0.258 e. The predicted octanol–water partition coefficient (Wildman–Crippen LogP) is 3.21. The molecule has 0 aliphatic carbocycles. The summed E-state index contributed by atoms with van der Waals surface area (Å²) in [6.07, 6.45) is 1.41. The third-order valence-corrected chi connectivity index (χ3v) is 2.79. The Morgan fingerprint density at radius 1 is 1.25 bits per heavy atom. The molecule has 2 aromatic rings. The van der Waals surface area contributed by atoms with Crippen molar-refractivity contribution in [2.45, 2.75) is 13.8 Å². The second-order valence-corrected chi connectivity index (χ2v) is 4.37. The molecule has 0 spiro atoms. The number of pyridine rings is 1. The molecule has 0 atom stereocenters. The summed E-state index contributed by atoms with van der Waals surface area (Å²) in [6.45, 7) is 4.32. The average Bonchev–Trinajstić information content (AvgIpc) is 2.44. The van der Waals surface area contributed by atoms with Crippen LogP contribution in [0.15, 0.2) is 36.5 Å². The normalized spacial score (nSPS) is 10.2. The molecule has 2 rings (SSSR count). The standard InChI is InChI=1S/C15H16FN3O/c1-3-17-14-13(16)12(8-9-18-14)15(20)19-11-6-4-10(2)5-7-11/h4-9H,3H2,1-2H3,(H,17,18)(H,19,20). The number of rotatable bonds is 4. The Labute approximate surface area is 117 Å². The van der Waals surface area contributed by atoms with Crippen LogP contribution in [0.3, 0.4) is 0 Å². The van der Waals surface area contributed by atoms with E-state index in [1.165, 1.54) is 12.3 Å². The zero-order chi connectivity index (χ0) is 14.5. The molecule has 0 saturated carbocycles. The maximum atomic E-state index is 14.1. The van der Waals surface area contributed by atoms with Gasteiger partial charge in [-0.15, -0.1) is 0 Å². The Morgan fingerprint density at radius 3 is 2.60 bits per heavy atom. The summed E-state index contributed by atoms with van der Waals surface area (Å²) in [7, 11) is 0. The topological polar surface area (TPSA) is 54.0 Å². The molecule has 0 aliphatic heterocycles. The Bertz CT molecular complexity index is 611. The highest BCUT2D eigenvalue weighted by molar-refractivity contribution is 6.04. The molecular weight excluding hydrogens is 257 g/mol. The Balaban J connectivity index is 2.21. The Hall–Kier alpha value is -2.43. The Kier molecular flexibility index (Phi) is 4.30. The number of nitrogens with one attached hydrogen (secondary N) is 2. The fourth-order valence-electron chi connectivity index (χ4n) is 1.75. The lowest BCUT2D eigenvalue weighted by molar-refractivity contribution is 0.102. The molecule has 4 nitrogen and oxygen atoms in total. The lowest BCUT2D eigenvalue weighted by Crippen LogP contribution is -2.15. The highest BCUT2D eigenvalue weighted by Crippen LogP contribution is 2.17. The first-order valence-electron chi connectivity index (χ1n) is 6.38. The quantitative estimate of drug-likeness (QED) is 0.899. The zero-order valence-corrected chi connectivity index (χ0v) is 11.4. The molecule has 0 saturated heterocycles. The van der Waals surface area contributed by atoms with Crippen LogP contribution in [-0.4, -0.2) is 17.4 Å². The van der Waals surface area contributed by atoms with E-state index in [-0.39, 0.29) is 11.4 Å². The number of benzene rings is 1. The number of carbonyl (C=O) groups excluding carboxylic acids is 1. The molecule has 1 aromatic carbocycles. The van der Waals surface area contributed by atoms with Gasteiger partial charge in [0.25, 0.3) is 5.91 Å². The van der Waals surface area contributed by atoms with Crippen molar-refractivity contribution < 1.29 is 9.18 Å². The fourth-order valence-corrected chi connectivity index (χ4v) is 1.75. The molecule has 104 valence electrons. The van der Waals surface area contributed by atoms with Crippen LogP contribution in [0.5, 0.6) is 0 Å². The molecule has 1 amide bonds. The average molecular weight is 273 g/mol. The van der Waals surface area contributed by atoms with Gasteiger partial charge in [0.05, 0.1) is 5.56 Å². The Morgan fingerprint density at radius 2 is 1.95 bits per heavy atom. The van der Waals surface area contributed by atoms with E-state index in [4.69, 9.17) is 0 Å². The van der Waals surface area contributed by atoms with Gasteiger partial charge in [-0.3, -0.25) is 4.79 Å². The van der Waals surface area contributed by atoms with E-state index in [0.29, 0.717) is 12.2 Å². The van der Waals surface area contributed by atoms with Crippen LogP contribution in [0.4, 0.5) is 15.9 Å². The van der Waals surface area contributed by atoms with Crippen molar-refractivity contribution >= 4 is 17.4 Å². The van der Waals surface area contributed by atoms with E-state index >= 15 is 0 Å². The van der Waals surface area contributed by atoms with Gasteiger partial charge in [-0.1, -0.05) is 17.7 Å². The first-order chi connectivity index (χ1) is 9.61. The van der Waals surface area contributed by atoms with Crippen LogP contribution < -0.4 is 10.6 Å². The molecular formula is C15H16FN3O. The number of carbonyl (C=O) groups is 1. The van der Waals surface area contributed by atoms with Gasteiger partial charge < -0.3 is 10.6 Å². The third kappa shape index (κ3) is 3.12. The van der Waals surface area contributed by atoms with E-state index in [1.807, 2.05) is 26.0 Å². The summed E-state index contributed by atoms with van der Waals surface area (Å²) in [5, 5.41) is 5.44. The molecule has 1 heterocycles. The number of anilines is 2. The highest BCUT2D eigenvalue weighted by Gasteiger charge is 2.15. The van der Waals surface area contributed by atoms with Gasteiger partial charge in [0.1, 0.15) is 0 Å². The highest BCUT2D eigenvalue weighted by atomic mass is 19.1. The summed E-state index contributed by atoms with van der Waals surface area (Å²) < 4.78 is 14.1. The summed E-state index contributed by atoms with van der Waals surface area (Å²) in [5.74, 6) is -1.05. The van der Waals surface area contributed by atoms with Crippen LogP contribution >= 0.6 is 0 Å². The van der Waals surface area contributed by atoms with Gasteiger partial charge in [0, 0.05) is 18.4 Å². The van der Waals surface area contributed by atoms with Crippen molar-refractivity contribution in [3.63, 3.8) is 0 Å². The van der Waals surface area contributed by atoms with Crippen molar-refractivity contribution in [1.82, 2.24) is 4.98 Å². The van der Waals surface area contributed by atoms with Crippen molar-refractivity contribution in [1.29, 1.82) is 0 Å². The molecule has 2 N–H and O–H groups in total. The predicted molar refractivity (Wildman–Crippen MR) is 77.5 cm³/mol. The van der Waals surface area contributed by atoms with Crippen LogP contribution in [0.25, 0.3) is 0 Å². The zero-order valence-electron chi connectivity index (χ0n) is 11.4. The van der Waals surface area contributed by atoms with Gasteiger partial charge in [-0.2, -0.15) is 0 Å². The first-order valence-corrected chi connectivity index (χ1v) is 6.38. The van der Waals surface area contributed by atoms with E-state index in [9.17, 15) is 9.18 Å². The monoisotopic (exact) mass is 273 g/mol. The minimum atomic E-state index is -0.640. The second kappa shape index (κ2) is 6.14. The minimum absolute atomic E-state index is 0.0310. The second-order valence-electron chi connectivity index (χ2n) is 4.37. The fraction of sp³-hybridized carbons (Fsp3) is 0.200. The van der Waals surface area contributed by atoms with Gasteiger partial charge in [-0.05, 0) is 32.0 Å². The minimum Gasteiger partial charge on any atom is -0.368 e. The summed E-state index contributed by atoms with van der Waals surface area (Å²) in [5.41, 5.74) is 1.69. The van der Waals surface area contributed by atoms with Crippen LogP contribution in [0, 0.1) is 12.7 Å². The molecule has 0 unspecified atom stereocenters. The SMILES string of the molecule is CCNc1nccc(C(=O)Nc2ccc(C)cc2)c1F.